The van der Waals surface area contributed by atoms with Crippen LogP contribution in [0.4, 0.5) is 5.82 Å². The number of aromatic nitrogens is 4. The van der Waals surface area contributed by atoms with E-state index in [0.717, 1.165) is 22.6 Å². The first-order valence-corrected chi connectivity index (χ1v) is 6.38. The van der Waals surface area contributed by atoms with Gasteiger partial charge in [-0.1, -0.05) is 6.07 Å². The summed E-state index contributed by atoms with van der Waals surface area (Å²) in [6.45, 7) is 0. The minimum atomic E-state index is 0.519. The van der Waals surface area contributed by atoms with Crippen LogP contribution in [0.15, 0.2) is 36.7 Å². The molecule has 4 rings (SSSR count). The number of nitrogens with zero attached hydrogens (tertiary/aromatic N) is 4. The number of nitrogens with two attached hydrogens (primary N) is 1. The van der Waals surface area contributed by atoms with Crippen LogP contribution < -0.4 is 5.73 Å². The van der Waals surface area contributed by atoms with E-state index in [1.807, 2.05) is 18.2 Å². The van der Waals surface area contributed by atoms with E-state index in [-0.39, 0.29) is 0 Å². The topological polar surface area (TPSA) is 69.6 Å². The van der Waals surface area contributed by atoms with E-state index >= 15 is 0 Å². The fraction of sp³-hybridized carbons (Fsp3) is 0.214. The van der Waals surface area contributed by atoms with Crippen LogP contribution in [-0.4, -0.2) is 19.5 Å². The van der Waals surface area contributed by atoms with Gasteiger partial charge in [-0.25, -0.2) is 9.97 Å². The fourth-order valence-corrected chi connectivity index (χ4v) is 2.41. The van der Waals surface area contributed by atoms with E-state index in [1.54, 1.807) is 18.5 Å². The van der Waals surface area contributed by atoms with Crippen LogP contribution in [0.3, 0.4) is 0 Å². The highest BCUT2D eigenvalue weighted by molar-refractivity contribution is 5.79. The fourth-order valence-electron chi connectivity index (χ4n) is 2.41. The van der Waals surface area contributed by atoms with Crippen molar-refractivity contribution < 1.29 is 0 Å². The predicted octanol–water partition coefficient (Wildman–Crippen LogP) is 2.41. The summed E-state index contributed by atoms with van der Waals surface area (Å²) in [5.41, 5.74) is 8.63. The minimum Gasteiger partial charge on any atom is -0.384 e. The van der Waals surface area contributed by atoms with E-state index in [9.17, 15) is 0 Å². The molecule has 1 aliphatic rings. The number of hydrogen-bond acceptors (Lipinski definition) is 4. The molecule has 1 aliphatic carbocycles. The van der Waals surface area contributed by atoms with Gasteiger partial charge in [0.2, 0.25) is 0 Å². The zero-order chi connectivity index (χ0) is 12.8. The van der Waals surface area contributed by atoms with Crippen molar-refractivity contribution in [1.82, 2.24) is 19.5 Å². The van der Waals surface area contributed by atoms with Gasteiger partial charge in [-0.05, 0) is 31.0 Å². The Hall–Kier alpha value is -2.43. The average molecular weight is 251 g/mol. The van der Waals surface area contributed by atoms with E-state index < -0.39 is 0 Å². The Labute approximate surface area is 110 Å². The Morgan fingerprint density at radius 3 is 2.84 bits per heavy atom. The second kappa shape index (κ2) is 3.78. The quantitative estimate of drug-likeness (QED) is 0.759. The van der Waals surface area contributed by atoms with Gasteiger partial charge in [0.1, 0.15) is 17.0 Å². The van der Waals surface area contributed by atoms with Crippen molar-refractivity contribution in [2.75, 3.05) is 5.73 Å². The van der Waals surface area contributed by atoms with E-state index in [2.05, 4.69) is 19.5 Å². The highest BCUT2D eigenvalue weighted by Gasteiger charge is 2.29. The van der Waals surface area contributed by atoms with E-state index in [0.29, 0.717) is 11.9 Å². The molecule has 0 saturated heterocycles. The number of pyridine rings is 2. The lowest BCUT2D eigenvalue weighted by Crippen LogP contribution is -2.00. The van der Waals surface area contributed by atoms with Gasteiger partial charge in [0, 0.05) is 12.2 Å². The Morgan fingerprint density at radius 1 is 1.16 bits per heavy atom. The summed E-state index contributed by atoms with van der Waals surface area (Å²) in [6.07, 6.45) is 6.00. The van der Waals surface area contributed by atoms with E-state index in [1.165, 1.54) is 12.8 Å². The molecular formula is C14H13N5. The molecule has 0 aliphatic heterocycles. The Kier molecular flexibility index (Phi) is 2.09. The second-order valence-electron chi connectivity index (χ2n) is 4.85. The van der Waals surface area contributed by atoms with Crippen LogP contribution in [-0.2, 0) is 0 Å². The molecule has 0 aromatic carbocycles. The molecule has 2 N–H and O–H groups in total. The van der Waals surface area contributed by atoms with Crippen LogP contribution in [0.25, 0.3) is 22.6 Å². The van der Waals surface area contributed by atoms with Crippen molar-refractivity contribution in [2.24, 2.45) is 0 Å². The van der Waals surface area contributed by atoms with Gasteiger partial charge in [0.25, 0.3) is 0 Å². The second-order valence-corrected chi connectivity index (χ2v) is 4.85. The third kappa shape index (κ3) is 1.66. The molecule has 1 fully saturated rings. The lowest BCUT2D eigenvalue weighted by molar-refractivity contribution is 0.772. The summed E-state index contributed by atoms with van der Waals surface area (Å²) in [5.74, 6) is 1.41. The van der Waals surface area contributed by atoms with Crippen LogP contribution in [0.1, 0.15) is 18.9 Å². The molecule has 0 radical (unpaired) electrons. The van der Waals surface area contributed by atoms with Gasteiger partial charge >= 0.3 is 0 Å². The molecule has 0 unspecified atom stereocenters. The molecule has 0 spiro atoms. The molecule has 0 atom stereocenters. The molecule has 94 valence electrons. The molecule has 1 saturated carbocycles. The molecular weight excluding hydrogens is 238 g/mol. The third-order valence-electron chi connectivity index (χ3n) is 3.40. The Balaban J connectivity index is 2.00. The number of imidazole rings is 1. The number of rotatable bonds is 2. The number of anilines is 1. The SMILES string of the molecule is Nc1cccc(-c2nc3cnccc3n2C2CC2)n1. The molecule has 5 nitrogen and oxygen atoms in total. The van der Waals surface area contributed by atoms with Crippen LogP contribution in [0.5, 0.6) is 0 Å². The average Bonchev–Trinajstić information content (AvgIpc) is 3.18. The van der Waals surface area contributed by atoms with E-state index in [4.69, 9.17) is 5.73 Å². The summed E-state index contributed by atoms with van der Waals surface area (Å²) >= 11 is 0. The summed E-state index contributed by atoms with van der Waals surface area (Å²) in [5, 5.41) is 0. The van der Waals surface area contributed by atoms with Crippen LogP contribution in [0, 0.1) is 0 Å². The monoisotopic (exact) mass is 251 g/mol. The molecule has 3 heterocycles. The van der Waals surface area contributed by atoms with Crippen LogP contribution >= 0.6 is 0 Å². The first-order chi connectivity index (χ1) is 9.33. The largest absolute Gasteiger partial charge is 0.384 e. The number of fused-ring (bicyclic) bond motifs is 1. The maximum absolute atomic E-state index is 5.77. The highest BCUT2D eigenvalue weighted by Crippen LogP contribution is 2.40. The summed E-state index contributed by atoms with van der Waals surface area (Å²) in [6, 6.07) is 8.19. The van der Waals surface area contributed by atoms with Crippen molar-refractivity contribution in [3.63, 3.8) is 0 Å². The van der Waals surface area contributed by atoms with Crippen molar-refractivity contribution in [3.8, 4) is 11.5 Å². The molecule has 0 amide bonds. The molecule has 19 heavy (non-hydrogen) atoms. The summed E-state index contributed by atoms with van der Waals surface area (Å²) < 4.78 is 2.26. The molecule has 5 heteroatoms. The standard InChI is InChI=1S/C14H13N5/c15-13-3-1-2-10(17-13)14-18-11-8-16-7-6-12(11)19(14)9-4-5-9/h1-3,6-9H,4-5H2,(H2,15,17). The normalized spacial score (nSPS) is 14.9. The first kappa shape index (κ1) is 10.5. The zero-order valence-electron chi connectivity index (χ0n) is 10.3. The van der Waals surface area contributed by atoms with Crippen molar-refractivity contribution >= 4 is 16.9 Å². The maximum Gasteiger partial charge on any atom is 0.160 e. The third-order valence-corrected chi connectivity index (χ3v) is 3.40. The lowest BCUT2D eigenvalue weighted by Gasteiger charge is -2.07. The van der Waals surface area contributed by atoms with Crippen LogP contribution in [0.2, 0.25) is 0 Å². The van der Waals surface area contributed by atoms with Gasteiger partial charge in [-0.2, -0.15) is 0 Å². The number of nitrogen functional groups attached to an aromatic ring is 1. The Morgan fingerprint density at radius 2 is 2.05 bits per heavy atom. The summed E-state index contributed by atoms with van der Waals surface area (Å²) in [4.78, 5) is 13.2. The maximum atomic E-state index is 5.77. The molecule has 3 aromatic rings. The number of hydrogen-bond donors (Lipinski definition) is 1. The van der Waals surface area contributed by atoms with Gasteiger partial charge in [0.05, 0.1) is 11.7 Å². The van der Waals surface area contributed by atoms with Gasteiger partial charge in [-0.3, -0.25) is 4.98 Å². The smallest absolute Gasteiger partial charge is 0.160 e. The van der Waals surface area contributed by atoms with Gasteiger partial charge < -0.3 is 10.3 Å². The van der Waals surface area contributed by atoms with Crippen molar-refractivity contribution in [2.45, 2.75) is 18.9 Å². The molecule has 0 bridgehead atoms. The van der Waals surface area contributed by atoms with Gasteiger partial charge in [0.15, 0.2) is 5.82 Å². The Bertz CT molecular complexity index is 757. The van der Waals surface area contributed by atoms with Crippen molar-refractivity contribution in [3.05, 3.63) is 36.7 Å². The highest BCUT2D eigenvalue weighted by atomic mass is 15.1. The van der Waals surface area contributed by atoms with Crippen molar-refractivity contribution in [1.29, 1.82) is 0 Å². The molecule has 3 aromatic heterocycles. The lowest BCUT2D eigenvalue weighted by atomic mass is 10.3. The summed E-state index contributed by atoms with van der Waals surface area (Å²) in [7, 11) is 0. The minimum absolute atomic E-state index is 0.519. The zero-order valence-corrected chi connectivity index (χ0v) is 10.3. The first-order valence-electron chi connectivity index (χ1n) is 6.38. The predicted molar refractivity (Wildman–Crippen MR) is 73.4 cm³/mol. The van der Waals surface area contributed by atoms with Gasteiger partial charge in [-0.15, -0.1) is 0 Å².